The van der Waals surface area contributed by atoms with E-state index in [1.54, 1.807) is 7.11 Å². The molecule has 21 heavy (non-hydrogen) atoms. The van der Waals surface area contributed by atoms with Crippen LogP contribution in [0.25, 0.3) is 0 Å². The quantitative estimate of drug-likeness (QED) is 0.655. The van der Waals surface area contributed by atoms with E-state index in [0.29, 0.717) is 12.5 Å². The lowest BCUT2D eigenvalue weighted by Gasteiger charge is -2.15. The smallest absolute Gasteiger partial charge is 0.118 e. The molecule has 0 aliphatic heterocycles. The van der Waals surface area contributed by atoms with Crippen molar-refractivity contribution >= 4 is 15.9 Å². The summed E-state index contributed by atoms with van der Waals surface area (Å²) < 4.78 is 11.0. The second-order valence-corrected chi connectivity index (χ2v) is 5.72. The fourth-order valence-electron chi connectivity index (χ4n) is 2.17. The third-order valence-electron chi connectivity index (χ3n) is 3.37. The lowest BCUT2D eigenvalue weighted by atomic mass is 10.0. The second kappa shape index (κ2) is 8.85. The Morgan fingerprint density at radius 1 is 0.952 bits per heavy atom. The maximum atomic E-state index is 5.84. The molecule has 2 aromatic carbocycles. The van der Waals surface area contributed by atoms with Crippen LogP contribution in [0.15, 0.2) is 54.6 Å². The first kappa shape index (κ1) is 16.1. The number of methoxy groups -OCH3 is 1. The van der Waals surface area contributed by atoms with Gasteiger partial charge in [0.05, 0.1) is 20.3 Å². The number of rotatable bonds is 8. The van der Waals surface area contributed by atoms with Crippen LogP contribution in [0.5, 0.6) is 5.75 Å². The van der Waals surface area contributed by atoms with Gasteiger partial charge in [-0.05, 0) is 35.6 Å². The lowest BCUT2D eigenvalue weighted by Crippen LogP contribution is -2.14. The van der Waals surface area contributed by atoms with E-state index < -0.39 is 0 Å². The van der Waals surface area contributed by atoms with Crippen molar-refractivity contribution in [2.45, 2.75) is 13.0 Å². The third kappa shape index (κ3) is 5.52. The highest BCUT2D eigenvalue weighted by molar-refractivity contribution is 9.09. The molecule has 0 N–H and O–H groups in total. The van der Waals surface area contributed by atoms with Crippen LogP contribution in [0.3, 0.4) is 0 Å². The standard InChI is InChI=1S/C18H21BrO2/c1-20-18-9-7-15(8-10-18)11-17(12-19)14-21-13-16-5-3-2-4-6-16/h2-10,17H,11-14H2,1H3. The molecule has 0 aliphatic rings. The summed E-state index contributed by atoms with van der Waals surface area (Å²) in [6.07, 6.45) is 1.00. The van der Waals surface area contributed by atoms with E-state index in [1.165, 1.54) is 11.1 Å². The van der Waals surface area contributed by atoms with Gasteiger partial charge in [-0.1, -0.05) is 58.4 Å². The number of hydrogen-bond acceptors (Lipinski definition) is 2. The van der Waals surface area contributed by atoms with Gasteiger partial charge in [0.25, 0.3) is 0 Å². The van der Waals surface area contributed by atoms with Crippen LogP contribution in [0.4, 0.5) is 0 Å². The van der Waals surface area contributed by atoms with E-state index in [2.05, 4.69) is 40.2 Å². The molecule has 0 fully saturated rings. The van der Waals surface area contributed by atoms with E-state index in [9.17, 15) is 0 Å². The first-order valence-corrected chi connectivity index (χ1v) is 8.24. The zero-order chi connectivity index (χ0) is 14.9. The maximum Gasteiger partial charge on any atom is 0.118 e. The minimum Gasteiger partial charge on any atom is -0.497 e. The van der Waals surface area contributed by atoms with Crippen molar-refractivity contribution in [2.24, 2.45) is 5.92 Å². The van der Waals surface area contributed by atoms with E-state index in [1.807, 2.05) is 30.3 Å². The minimum atomic E-state index is 0.474. The molecule has 0 bridgehead atoms. The molecule has 0 amide bonds. The topological polar surface area (TPSA) is 18.5 Å². The second-order valence-electron chi connectivity index (χ2n) is 5.07. The molecule has 0 heterocycles. The largest absolute Gasteiger partial charge is 0.497 e. The highest BCUT2D eigenvalue weighted by Gasteiger charge is 2.09. The van der Waals surface area contributed by atoms with E-state index in [0.717, 1.165) is 24.1 Å². The third-order valence-corrected chi connectivity index (χ3v) is 4.28. The van der Waals surface area contributed by atoms with Crippen molar-refractivity contribution in [3.05, 3.63) is 65.7 Å². The summed E-state index contributed by atoms with van der Waals surface area (Å²) in [5.74, 6) is 1.37. The molecule has 0 saturated heterocycles. The molecule has 2 nitrogen and oxygen atoms in total. The van der Waals surface area contributed by atoms with Gasteiger partial charge < -0.3 is 9.47 Å². The van der Waals surface area contributed by atoms with E-state index in [4.69, 9.17) is 9.47 Å². The summed E-state index contributed by atoms with van der Waals surface area (Å²) in [7, 11) is 1.69. The van der Waals surface area contributed by atoms with Crippen molar-refractivity contribution in [1.29, 1.82) is 0 Å². The van der Waals surface area contributed by atoms with Gasteiger partial charge in [0.1, 0.15) is 5.75 Å². The average molecular weight is 349 g/mol. The van der Waals surface area contributed by atoms with Crippen molar-refractivity contribution in [3.8, 4) is 5.75 Å². The number of alkyl halides is 1. The van der Waals surface area contributed by atoms with Crippen LogP contribution < -0.4 is 4.74 Å². The summed E-state index contributed by atoms with van der Waals surface area (Å²) >= 11 is 3.58. The van der Waals surface area contributed by atoms with Crippen LogP contribution in [0.1, 0.15) is 11.1 Å². The molecular formula is C18H21BrO2. The van der Waals surface area contributed by atoms with Crippen molar-refractivity contribution in [2.75, 3.05) is 19.0 Å². The molecule has 1 unspecified atom stereocenters. The Labute approximate surface area is 135 Å². The summed E-state index contributed by atoms with van der Waals surface area (Å²) in [5, 5.41) is 0.938. The number of halogens is 1. The Morgan fingerprint density at radius 3 is 2.29 bits per heavy atom. The fraction of sp³-hybridized carbons (Fsp3) is 0.333. The van der Waals surface area contributed by atoms with Crippen LogP contribution in [-0.2, 0) is 17.8 Å². The van der Waals surface area contributed by atoms with Crippen LogP contribution >= 0.6 is 15.9 Å². The lowest BCUT2D eigenvalue weighted by molar-refractivity contribution is 0.0938. The molecule has 112 valence electrons. The summed E-state index contributed by atoms with van der Waals surface area (Å²) in [5.41, 5.74) is 2.53. The number of hydrogen-bond donors (Lipinski definition) is 0. The van der Waals surface area contributed by atoms with Gasteiger partial charge in [-0.2, -0.15) is 0 Å². The molecule has 0 spiro atoms. The summed E-state index contributed by atoms with van der Waals surface area (Å²) in [6.45, 7) is 1.43. The maximum absolute atomic E-state index is 5.84. The molecule has 3 heteroatoms. The fourth-order valence-corrected chi connectivity index (χ4v) is 2.59. The molecule has 1 atom stereocenters. The van der Waals surface area contributed by atoms with Gasteiger partial charge in [0.2, 0.25) is 0 Å². The Morgan fingerprint density at radius 2 is 1.67 bits per heavy atom. The first-order chi connectivity index (χ1) is 10.3. The molecule has 0 radical (unpaired) electrons. The molecular weight excluding hydrogens is 328 g/mol. The number of benzene rings is 2. The van der Waals surface area contributed by atoms with Gasteiger partial charge >= 0.3 is 0 Å². The van der Waals surface area contributed by atoms with Gasteiger partial charge in [-0.15, -0.1) is 0 Å². The zero-order valence-corrected chi connectivity index (χ0v) is 13.9. The predicted octanol–water partition coefficient (Wildman–Crippen LogP) is 4.47. The van der Waals surface area contributed by atoms with E-state index in [-0.39, 0.29) is 0 Å². The molecule has 0 aliphatic carbocycles. The molecule has 0 aromatic heterocycles. The normalized spacial score (nSPS) is 12.1. The molecule has 2 rings (SSSR count). The van der Waals surface area contributed by atoms with Gasteiger partial charge in [0, 0.05) is 5.33 Å². The molecule has 2 aromatic rings. The van der Waals surface area contributed by atoms with Crippen LogP contribution in [-0.4, -0.2) is 19.0 Å². The Hall–Kier alpha value is -1.32. The average Bonchev–Trinajstić information content (AvgIpc) is 2.55. The van der Waals surface area contributed by atoms with Gasteiger partial charge in [-0.3, -0.25) is 0 Å². The summed E-state index contributed by atoms with van der Waals surface area (Å²) in [4.78, 5) is 0. The van der Waals surface area contributed by atoms with Crippen LogP contribution in [0, 0.1) is 5.92 Å². The first-order valence-electron chi connectivity index (χ1n) is 7.12. The van der Waals surface area contributed by atoms with Crippen molar-refractivity contribution in [1.82, 2.24) is 0 Å². The highest BCUT2D eigenvalue weighted by Crippen LogP contribution is 2.16. The minimum absolute atomic E-state index is 0.474. The Kier molecular flexibility index (Phi) is 6.77. The van der Waals surface area contributed by atoms with Gasteiger partial charge in [0.15, 0.2) is 0 Å². The van der Waals surface area contributed by atoms with E-state index >= 15 is 0 Å². The van der Waals surface area contributed by atoms with Crippen LogP contribution in [0.2, 0.25) is 0 Å². The predicted molar refractivity (Wildman–Crippen MR) is 90.1 cm³/mol. The van der Waals surface area contributed by atoms with Gasteiger partial charge in [-0.25, -0.2) is 0 Å². The number of ether oxygens (including phenoxy) is 2. The summed E-state index contributed by atoms with van der Waals surface area (Å²) in [6, 6.07) is 18.5. The van der Waals surface area contributed by atoms with Crippen molar-refractivity contribution in [3.63, 3.8) is 0 Å². The molecule has 0 saturated carbocycles. The Bertz CT molecular complexity index is 511. The monoisotopic (exact) mass is 348 g/mol. The highest BCUT2D eigenvalue weighted by atomic mass is 79.9. The zero-order valence-electron chi connectivity index (χ0n) is 12.3. The van der Waals surface area contributed by atoms with Crippen molar-refractivity contribution < 1.29 is 9.47 Å². The Balaban J connectivity index is 1.79. The SMILES string of the molecule is COc1ccc(CC(CBr)COCc2ccccc2)cc1.